The maximum Gasteiger partial charge on any atom is 0.165 e. The van der Waals surface area contributed by atoms with E-state index < -0.39 is 11.6 Å². The van der Waals surface area contributed by atoms with Gasteiger partial charge in [-0.15, -0.1) is 5.10 Å². The Morgan fingerprint density at radius 3 is 2.88 bits per heavy atom. The zero-order chi connectivity index (χ0) is 11.5. The molecule has 0 amide bonds. The number of aromatic nitrogens is 2. The van der Waals surface area contributed by atoms with Crippen molar-refractivity contribution < 1.29 is 13.5 Å². The van der Waals surface area contributed by atoms with Gasteiger partial charge in [0, 0.05) is 17.6 Å². The molecule has 3 nitrogen and oxygen atoms in total. The molecule has 0 aliphatic rings. The highest BCUT2D eigenvalue weighted by Crippen LogP contribution is 2.22. The summed E-state index contributed by atoms with van der Waals surface area (Å²) < 4.78 is 34.9. The van der Waals surface area contributed by atoms with Crippen molar-refractivity contribution in [2.24, 2.45) is 0 Å². The van der Waals surface area contributed by atoms with Crippen LogP contribution in [0.15, 0.2) is 18.2 Å². The van der Waals surface area contributed by atoms with Crippen LogP contribution in [0.3, 0.4) is 0 Å². The summed E-state index contributed by atoms with van der Waals surface area (Å²) in [5.41, 5.74) is 0.398. The lowest BCUT2D eigenvalue weighted by Crippen LogP contribution is -1.99. The van der Waals surface area contributed by atoms with Crippen molar-refractivity contribution in [3.8, 4) is 5.75 Å². The molecular formula is C9H5ClF2N2OS. The summed E-state index contributed by atoms with van der Waals surface area (Å²) in [4.78, 5) is 0. The van der Waals surface area contributed by atoms with E-state index in [1.165, 1.54) is 0 Å². The van der Waals surface area contributed by atoms with Gasteiger partial charge < -0.3 is 4.74 Å². The molecule has 0 aliphatic carbocycles. The van der Waals surface area contributed by atoms with Gasteiger partial charge in [0.1, 0.15) is 22.5 Å². The fourth-order valence-corrected chi connectivity index (χ4v) is 1.62. The Morgan fingerprint density at radius 2 is 2.19 bits per heavy atom. The molecule has 2 aromatic rings. The van der Waals surface area contributed by atoms with E-state index in [1.54, 1.807) is 0 Å². The van der Waals surface area contributed by atoms with E-state index in [1.807, 2.05) is 0 Å². The van der Waals surface area contributed by atoms with E-state index >= 15 is 0 Å². The first-order chi connectivity index (χ1) is 7.66. The van der Waals surface area contributed by atoms with Crippen molar-refractivity contribution in [2.45, 2.75) is 6.61 Å². The second-order valence-electron chi connectivity index (χ2n) is 2.86. The molecule has 0 atom stereocenters. The van der Waals surface area contributed by atoms with Crippen LogP contribution >= 0.6 is 23.1 Å². The number of hydrogen-bond donors (Lipinski definition) is 0. The first-order valence-corrected chi connectivity index (χ1v) is 5.36. The van der Waals surface area contributed by atoms with E-state index in [2.05, 4.69) is 9.59 Å². The predicted molar refractivity (Wildman–Crippen MR) is 55.6 cm³/mol. The summed E-state index contributed by atoms with van der Waals surface area (Å²) in [6.45, 7) is -0.0459. The molecule has 0 bridgehead atoms. The molecule has 1 heterocycles. The number of hydrogen-bond acceptors (Lipinski definition) is 4. The fraction of sp³-hybridized carbons (Fsp3) is 0.111. The van der Waals surface area contributed by atoms with Crippen molar-refractivity contribution in [1.29, 1.82) is 0 Å². The molecule has 7 heteroatoms. The van der Waals surface area contributed by atoms with E-state index in [0.29, 0.717) is 10.0 Å². The highest BCUT2D eigenvalue weighted by atomic mass is 35.5. The van der Waals surface area contributed by atoms with Crippen LogP contribution in [-0.4, -0.2) is 9.59 Å². The normalized spacial score (nSPS) is 10.4. The van der Waals surface area contributed by atoms with Crippen LogP contribution in [0.2, 0.25) is 4.34 Å². The molecule has 84 valence electrons. The van der Waals surface area contributed by atoms with Crippen LogP contribution in [0.4, 0.5) is 8.78 Å². The van der Waals surface area contributed by atoms with Crippen LogP contribution in [0.25, 0.3) is 0 Å². The van der Waals surface area contributed by atoms with E-state index in [-0.39, 0.29) is 12.4 Å². The van der Waals surface area contributed by atoms with Crippen molar-refractivity contribution in [1.82, 2.24) is 9.59 Å². The van der Waals surface area contributed by atoms with Gasteiger partial charge in [0.15, 0.2) is 11.6 Å². The molecule has 0 spiro atoms. The van der Waals surface area contributed by atoms with Crippen molar-refractivity contribution >= 4 is 23.1 Å². The number of ether oxygens (including phenoxy) is 1. The molecule has 0 saturated carbocycles. The third kappa shape index (κ3) is 2.45. The quantitative estimate of drug-likeness (QED) is 0.853. The molecule has 1 aromatic carbocycles. The lowest BCUT2D eigenvalue weighted by Gasteiger charge is -2.05. The molecular weight excluding hydrogens is 258 g/mol. The first kappa shape index (κ1) is 11.2. The summed E-state index contributed by atoms with van der Waals surface area (Å²) in [6, 6.07) is 2.97. The van der Waals surface area contributed by atoms with Crippen LogP contribution in [0.5, 0.6) is 5.75 Å². The van der Waals surface area contributed by atoms with Crippen LogP contribution in [0, 0.1) is 11.6 Å². The van der Waals surface area contributed by atoms with Crippen LogP contribution in [0.1, 0.15) is 5.69 Å². The van der Waals surface area contributed by atoms with E-state index in [0.717, 1.165) is 29.7 Å². The van der Waals surface area contributed by atoms with Gasteiger partial charge in [0.25, 0.3) is 0 Å². The van der Waals surface area contributed by atoms with Gasteiger partial charge in [-0.3, -0.25) is 0 Å². The minimum absolute atomic E-state index is 0.0459. The third-order valence-electron chi connectivity index (χ3n) is 1.77. The number of rotatable bonds is 3. The fourth-order valence-electron chi connectivity index (χ4n) is 1.02. The van der Waals surface area contributed by atoms with E-state index in [4.69, 9.17) is 16.3 Å². The highest BCUT2D eigenvalue weighted by Gasteiger charge is 2.09. The van der Waals surface area contributed by atoms with Crippen LogP contribution in [-0.2, 0) is 6.61 Å². The summed E-state index contributed by atoms with van der Waals surface area (Å²) >= 11 is 6.73. The van der Waals surface area contributed by atoms with Crippen LogP contribution < -0.4 is 4.74 Å². The third-order valence-corrected chi connectivity index (χ3v) is 2.75. The Kier molecular flexibility index (Phi) is 3.31. The Labute approximate surface area is 98.8 Å². The predicted octanol–water partition coefficient (Wildman–Crippen LogP) is 3.05. The molecule has 2 rings (SSSR count). The first-order valence-electron chi connectivity index (χ1n) is 4.21. The largest absolute Gasteiger partial charge is 0.484 e. The molecule has 0 radical (unpaired) electrons. The molecule has 0 saturated heterocycles. The maximum atomic E-state index is 13.1. The number of benzene rings is 1. The van der Waals surface area contributed by atoms with Gasteiger partial charge >= 0.3 is 0 Å². The minimum Gasteiger partial charge on any atom is -0.484 e. The second kappa shape index (κ2) is 4.71. The Morgan fingerprint density at radius 1 is 1.38 bits per heavy atom. The zero-order valence-electron chi connectivity index (χ0n) is 7.78. The second-order valence-corrected chi connectivity index (χ2v) is 4.21. The topological polar surface area (TPSA) is 35.0 Å². The molecule has 16 heavy (non-hydrogen) atoms. The smallest absolute Gasteiger partial charge is 0.165 e. The Hall–Kier alpha value is -1.27. The van der Waals surface area contributed by atoms with Crippen molar-refractivity contribution in [2.75, 3.05) is 0 Å². The summed E-state index contributed by atoms with van der Waals surface area (Å²) in [5.74, 6) is -1.39. The summed E-state index contributed by atoms with van der Waals surface area (Å²) in [7, 11) is 0. The highest BCUT2D eigenvalue weighted by molar-refractivity contribution is 7.10. The molecule has 0 unspecified atom stereocenters. The zero-order valence-corrected chi connectivity index (χ0v) is 9.36. The lowest BCUT2D eigenvalue weighted by atomic mass is 10.3. The summed E-state index contributed by atoms with van der Waals surface area (Å²) in [5, 5.41) is 3.68. The average Bonchev–Trinajstić information content (AvgIpc) is 2.66. The van der Waals surface area contributed by atoms with Gasteiger partial charge in [-0.2, -0.15) is 0 Å². The lowest BCUT2D eigenvalue weighted by molar-refractivity contribution is 0.284. The van der Waals surface area contributed by atoms with Gasteiger partial charge in [0.2, 0.25) is 0 Å². The summed E-state index contributed by atoms with van der Waals surface area (Å²) in [6.07, 6.45) is 0. The van der Waals surface area contributed by atoms with Gasteiger partial charge in [0.05, 0.1) is 0 Å². The maximum absolute atomic E-state index is 13.1. The van der Waals surface area contributed by atoms with Gasteiger partial charge in [-0.1, -0.05) is 16.1 Å². The molecule has 0 N–H and O–H groups in total. The van der Waals surface area contributed by atoms with E-state index in [9.17, 15) is 8.78 Å². The Balaban J connectivity index is 2.10. The van der Waals surface area contributed by atoms with Crippen molar-refractivity contribution in [3.63, 3.8) is 0 Å². The van der Waals surface area contributed by atoms with Crippen molar-refractivity contribution in [3.05, 3.63) is 39.9 Å². The standard InChI is InChI=1S/C9H5ClF2N2OS/c10-9-7(13-14-16-9)4-15-8-3-5(11)1-2-6(8)12/h1-3H,4H2. The Bertz CT molecular complexity index is 506. The van der Waals surface area contributed by atoms with Gasteiger partial charge in [-0.25, -0.2) is 8.78 Å². The SMILES string of the molecule is Fc1ccc(F)c(OCc2nnsc2Cl)c1. The minimum atomic E-state index is -0.638. The monoisotopic (exact) mass is 262 g/mol. The number of nitrogens with zero attached hydrogens (tertiary/aromatic N) is 2. The molecule has 0 aliphatic heterocycles. The average molecular weight is 263 g/mol. The molecule has 1 aromatic heterocycles. The number of halogens is 3. The van der Waals surface area contributed by atoms with Gasteiger partial charge in [-0.05, 0) is 12.1 Å². The molecule has 0 fully saturated rings.